The van der Waals surface area contributed by atoms with Crippen molar-refractivity contribution in [2.24, 2.45) is 5.92 Å². The summed E-state index contributed by atoms with van der Waals surface area (Å²) < 4.78 is 0. The zero-order valence-corrected chi connectivity index (χ0v) is 13.3. The van der Waals surface area contributed by atoms with Crippen molar-refractivity contribution in [2.45, 2.75) is 19.9 Å². The Kier molecular flexibility index (Phi) is 7.19. The molecule has 0 aliphatic heterocycles. The molecule has 0 heterocycles. The summed E-state index contributed by atoms with van der Waals surface area (Å²) in [6, 6.07) is 6.18. The Morgan fingerprint density at radius 3 is 2.43 bits per heavy atom. The van der Waals surface area contributed by atoms with Crippen LogP contribution in [0, 0.1) is 5.92 Å². The minimum Gasteiger partial charge on any atom is -0.353 e. The topological polar surface area (TPSA) is 70.2 Å². The number of hydrogen-bond acceptors (Lipinski definition) is 3. The molecule has 3 N–H and O–H groups in total. The lowest BCUT2D eigenvalue weighted by Gasteiger charge is -2.22. The van der Waals surface area contributed by atoms with E-state index in [4.69, 9.17) is 11.6 Å². The summed E-state index contributed by atoms with van der Waals surface area (Å²) in [6.07, 6.45) is 0. The van der Waals surface area contributed by atoms with Crippen molar-refractivity contribution in [1.29, 1.82) is 0 Å². The normalized spacial score (nSPS) is 12.0. The van der Waals surface area contributed by atoms with Crippen LogP contribution in [0.4, 0.5) is 0 Å². The van der Waals surface area contributed by atoms with Gasteiger partial charge in [-0.1, -0.05) is 37.6 Å². The predicted octanol–water partition coefficient (Wildman–Crippen LogP) is 1.43. The van der Waals surface area contributed by atoms with E-state index in [-0.39, 0.29) is 17.7 Å². The van der Waals surface area contributed by atoms with E-state index in [1.807, 2.05) is 20.9 Å². The van der Waals surface area contributed by atoms with Gasteiger partial charge in [-0.3, -0.25) is 9.59 Å². The molecular weight excluding hydrogens is 290 g/mol. The zero-order chi connectivity index (χ0) is 15.8. The number of amides is 2. The SMILES string of the molecule is CNCCNC(=O)C(NC(=O)c1ccccc1Cl)C(C)C. The van der Waals surface area contributed by atoms with Crippen molar-refractivity contribution in [2.75, 3.05) is 20.1 Å². The molecule has 0 spiro atoms. The molecule has 0 bridgehead atoms. The Morgan fingerprint density at radius 1 is 1.19 bits per heavy atom. The molecule has 21 heavy (non-hydrogen) atoms. The first-order chi connectivity index (χ1) is 9.97. The molecule has 0 saturated carbocycles. The van der Waals surface area contributed by atoms with Gasteiger partial charge in [-0.05, 0) is 25.1 Å². The maximum absolute atomic E-state index is 12.2. The number of carbonyl (C=O) groups is 2. The lowest BCUT2D eigenvalue weighted by molar-refractivity contribution is -0.123. The second kappa shape index (κ2) is 8.64. The largest absolute Gasteiger partial charge is 0.353 e. The summed E-state index contributed by atoms with van der Waals surface area (Å²) in [5.41, 5.74) is 0.368. The van der Waals surface area contributed by atoms with Crippen molar-refractivity contribution >= 4 is 23.4 Å². The molecule has 0 radical (unpaired) electrons. The van der Waals surface area contributed by atoms with Gasteiger partial charge in [0.25, 0.3) is 5.91 Å². The summed E-state index contributed by atoms with van der Waals surface area (Å²) in [7, 11) is 1.81. The van der Waals surface area contributed by atoms with Gasteiger partial charge in [0.2, 0.25) is 5.91 Å². The number of hydrogen-bond donors (Lipinski definition) is 3. The highest BCUT2D eigenvalue weighted by atomic mass is 35.5. The first-order valence-corrected chi connectivity index (χ1v) is 7.33. The molecule has 6 heteroatoms. The fourth-order valence-corrected chi connectivity index (χ4v) is 2.04. The van der Waals surface area contributed by atoms with E-state index in [2.05, 4.69) is 16.0 Å². The fourth-order valence-electron chi connectivity index (χ4n) is 1.82. The monoisotopic (exact) mass is 311 g/mol. The fraction of sp³-hybridized carbons (Fsp3) is 0.467. The minimum absolute atomic E-state index is 0.0222. The number of carbonyl (C=O) groups excluding carboxylic acids is 2. The molecule has 0 aliphatic rings. The van der Waals surface area contributed by atoms with Gasteiger partial charge >= 0.3 is 0 Å². The van der Waals surface area contributed by atoms with Gasteiger partial charge < -0.3 is 16.0 Å². The summed E-state index contributed by atoms with van der Waals surface area (Å²) in [4.78, 5) is 24.4. The number of rotatable bonds is 7. The van der Waals surface area contributed by atoms with E-state index in [0.29, 0.717) is 23.7 Å². The standard InChI is InChI=1S/C15H22ClN3O2/c1-10(2)13(15(21)18-9-8-17-3)19-14(20)11-6-4-5-7-12(11)16/h4-7,10,13,17H,8-9H2,1-3H3,(H,18,21)(H,19,20). The second-order valence-corrected chi connectivity index (χ2v) is 5.48. The molecule has 0 aromatic heterocycles. The Balaban J connectivity index is 2.72. The molecule has 1 atom stereocenters. The van der Waals surface area contributed by atoms with Crippen LogP contribution in [0.15, 0.2) is 24.3 Å². The smallest absolute Gasteiger partial charge is 0.253 e. The average Bonchev–Trinajstić information content (AvgIpc) is 2.44. The van der Waals surface area contributed by atoms with Gasteiger partial charge in [-0.2, -0.15) is 0 Å². The first-order valence-electron chi connectivity index (χ1n) is 6.95. The summed E-state index contributed by atoms with van der Waals surface area (Å²) >= 11 is 5.99. The second-order valence-electron chi connectivity index (χ2n) is 5.07. The van der Waals surface area contributed by atoms with Crippen LogP contribution in [0.5, 0.6) is 0 Å². The quantitative estimate of drug-likeness (QED) is 0.667. The molecule has 5 nitrogen and oxygen atoms in total. The van der Waals surface area contributed by atoms with Crippen LogP contribution in [0.25, 0.3) is 0 Å². The molecule has 0 saturated heterocycles. The Bertz CT molecular complexity index is 492. The Morgan fingerprint density at radius 2 is 1.86 bits per heavy atom. The summed E-state index contributed by atoms with van der Waals surface area (Å²) in [5, 5.41) is 8.85. The summed E-state index contributed by atoms with van der Waals surface area (Å²) in [5.74, 6) is -0.560. The highest BCUT2D eigenvalue weighted by Gasteiger charge is 2.24. The molecule has 1 rings (SSSR count). The molecule has 1 unspecified atom stereocenters. The number of benzene rings is 1. The Labute approximate surface area is 130 Å². The van der Waals surface area contributed by atoms with E-state index in [1.165, 1.54) is 0 Å². The molecule has 0 fully saturated rings. The van der Waals surface area contributed by atoms with Crippen LogP contribution >= 0.6 is 11.6 Å². The lowest BCUT2D eigenvalue weighted by atomic mass is 10.0. The third-order valence-corrected chi connectivity index (χ3v) is 3.36. The summed E-state index contributed by atoms with van der Waals surface area (Å²) in [6.45, 7) is 4.96. The van der Waals surface area contributed by atoms with Crippen LogP contribution in [-0.2, 0) is 4.79 Å². The van der Waals surface area contributed by atoms with Crippen LogP contribution in [0.3, 0.4) is 0 Å². The van der Waals surface area contributed by atoms with Gasteiger partial charge in [0, 0.05) is 13.1 Å². The van der Waals surface area contributed by atoms with Crippen LogP contribution < -0.4 is 16.0 Å². The molecular formula is C15H22ClN3O2. The van der Waals surface area contributed by atoms with Crippen molar-refractivity contribution < 1.29 is 9.59 Å². The molecule has 2 amide bonds. The molecule has 0 aliphatic carbocycles. The van der Waals surface area contributed by atoms with E-state index in [1.54, 1.807) is 24.3 Å². The van der Waals surface area contributed by atoms with Gasteiger partial charge in [0.1, 0.15) is 6.04 Å². The predicted molar refractivity (Wildman–Crippen MR) is 84.5 cm³/mol. The highest BCUT2D eigenvalue weighted by Crippen LogP contribution is 2.15. The van der Waals surface area contributed by atoms with Crippen molar-refractivity contribution in [3.8, 4) is 0 Å². The van der Waals surface area contributed by atoms with Crippen molar-refractivity contribution in [1.82, 2.24) is 16.0 Å². The van der Waals surface area contributed by atoms with Gasteiger partial charge in [-0.25, -0.2) is 0 Å². The third kappa shape index (κ3) is 5.36. The van der Waals surface area contributed by atoms with E-state index < -0.39 is 6.04 Å². The lowest BCUT2D eigenvalue weighted by Crippen LogP contribution is -2.50. The number of halogens is 1. The minimum atomic E-state index is -0.592. The average molecular weight is 312 g/mol. The van der Waals surface area contributed by atoms with Crippen LogP contribution in [0.2, 0.25) is 5.02 Å². The maximum Gasteiger partial charge on any atom is 0.253 e. The molecule has 1 aromatic rings. The molecule has 1 aromatic carbocycles. The van der Waals surface area contributed by atoms with Crippen LogP contribution in [-0.4, -0.2) is 38.0 Å². The van der Waals surface area contributed by atoms with Gasteiger partial charge in [-0.15, -0.1) is 0 Å². The molecule has 116 valence electrons. The van der Waals surface area contributed by atoms with E-state index in [0.717, 1.165) is 0 Å². The Hall–Kier alpha value is -1.59. The zero-order valence-electron chi connectivity index (χ0n) is 12.6. The third-order valence-electron chi connectivity index (χ3n) is 3.03. The van der Waals surface area contributed by atoms with Gasteiger partial charge in [0.05, 0.1) is 10.6 Å². The van der Waals surface area contributed by atoms with Crippen molar-refractivity contribution in [3.05, 3.63) is 34.9 Å². The van der Waals surface area contributed by atoms with E-state index in [9.17, 15) is 9.59 Å². The van der Waals surface area contributed by atoms with Crippen LogP contribution in [0.1, 0.15) is 24.2 Å². The maximum atomic E-state index is 12.2. The highest BCUT2D eigenvalue weighted by molar-refractivity contribution is 6.33. The number of nitrogens with one attached hydrogen (secondary N) is 3. The van der Waals surface area contributed by atoms with Gasteiger partial charge in [0.15, 0.2) is 0 Å². The van der Waals surface area contributed by atoms with Crippen molar-refractivity contribution in [3.63, 3.8) is 0 Å². The first kappa shape index (κ1) is 17.5. The van der Waals surface area contributed by atoms with E-state index >= 15 is 0 Å². The number of likely N-dealkylation sites (N-methyl/N-ethyl adjacent to an activating group) is 1.